The number of amides is 1. The number of likely N-dealkylation sites (tertiary alicyclic amines) is 1. The summed E-state index contributed by atoms with van der Waals surface area (Å²) in [7, 11) is 1.82. The Morgan fingerprint density at radius 3 is 2.76 bits per heavy atom. The van der Waals surface area contributed by atoms with Gasteiger partial charge in [-0.1, -0.05) is 6.07 Å². The quantitative estimate of drug-likeness (QED) is 0.429. The van der Waals surface area contributed by atoms with Crippen LogP contribution in [0.2, 0.25) is 0 Å². The Labute approximate surface area is 200 Å². The minimum Gasteiger partial charge on any atom is -0.508 e. The summed E-state index contributed by atoms with van der Waals surface area (Å²) in [5, 5.41) is 40.8. The van der Waals surface area contributed by atoms with Crippen molar-refractivity contribution in [1.29, 1.82) is 0 Å². The lowest BCUT2D eigenvalue weighted by Gasteiger charge is -2.62. The maximum Gasteiger partial charge on any atom is 0.251 e. The number of benzene rings is 1. The summed E-state index contributed by atoms with van der Waals surface area (Å²) in [4.78, 5) is 15.8. The van der Waals surface area contributed by atoms with Gasteiger partial charge in [0.15, 0.2) is 17.6 Å². The van der Waals surface area contributed by atoms with Gasteiger partial charge < -0.3 is 30.7 Å². The van der Waals surface area contributed by atoms with Crippen LogP contribution in [-0.2, 0) is 16.6 Å². The zero-order chi connectivity index (χ0) is 24.0. The van der Waals surface area contributed by atoms with E-state index in [0.29, 0.717) is 31.1 Å². The van der Waals surface area contributed by atoms with Crippen LogP contribution in [0.4, 0.5) is 0 Å². The van der Waals surface area contributed by atoms with Crippen molar-refractivity contribution in [2.75, 3.05) is 26.7 Å². The summed E-state index contributed by atoms with van der Waals surface area (Å²) in [5.74, 6) is 0.516. The number of nitrogens with one attached hydrogen (secondary N) is 2. The maximum absolute atomic E-state index is 13.4. The predicted molar refractivity (Wildman–Crippen MR) is 126 cm³/mol. The van der Waals surface area contributed by atoms with E-state index in [1.54, 1.807) is 6.07 Å². The van der Waals surface area contributed by atoms with Crippen LogP contribution in [0.1, 0.15) is 50.7 Å². The number of aromatic hydroxyl groups is 1. The lowest BCUT2D eigenvalue weighted by Crippen LogP contribution is -2.76. The Bertz CT molecular complexity index is 1100. The van der Waals surface area contributed by atoms with Crippen molar-refractivity contribution in [1.82, 2.24) is 15.5 Å². The number of rotatable bonds is 6. The molecule has 1 saturated carbocycles. The number of hydrogen-bond acceptors (Lipinski definition) is 7. The van der Waals surface area contributed by atoms with Crippen LogP contribution in [-0.4, -0.2) is 76.1 Å². The number of phenolic OH excluding ortho intramolecular Hbond substituents is 1. The monoisotopic (exact) mass is 469 g/mol. The molecule has 6 rings (SSSR count). The number of likely N-dealkylation sites (N-methyl/N-ethyl adjacent to an activating group) is 1. The highest BCUT2D eigenvalue weighted by molar-refractivity contribution is 5.95. The third-order valence-corrected chi connectivity index (χ3v) is 8.86. The van der Waals surface area contributed by atoms with E-state index in [2.05, 4.69) is 15.5 Å². The standard InChI is InChI=1S/C26H35N3O5/c1-24(2,13-27-3)28-23(32)16-11-26(33)18-10-15-6-7-17(30)21-19(15)25(26,22(34-21)20(16)31)8-9-29(18)12-14-4-5-14/h6-7,14,18,22,27,30-31,33H,4-5,8-13H2,1-3H3,(H,28,32)/t18-,22+,25+,26-/m1/s1. The van der Waals surface area contributed by atoms with Gasteiger partial charge in [-0.3, -0.25) is 9.69 Å². The maximum atomic E-state index is 13.4. The Balaban J connectivity index is 1.48. The first kappa shape index (κ1) is 22.2. The van der Waals surface area contributed by atoms with Gasteiger partial charge >= 0.3 is 0 Å². The van der Waals surface area contributed by atoms with Crippen LogP contribution in [0.3, 0.4) is 0 Å². The number of hydrogen-bond donors (Lipinski definition) is 5. The molecule has 184 valence electrons. The fourth-order valence-electron chi connectivity index (χ4n) is 7.24. The summed E-state index contributed by atoms with van der Waals surface area (Å²) in [6, 6.07) is 3.39. The third-order valence-electron chi connectivity index (χ3n) is 8.86. The molecule has 8 nitrogen and oxygen atoms in total. The summed E-state index contributed by atoms with van der Waals surface area (Å²) >= 11 is 0. The van der Waals surface area contributed by atoms with Gasteiger partial charge in [-0.25, -0.2) is 0 Å². The molecule has 0 radical (unpaired) electrons. The number of ether oxygens (including phenoxy) is 1. The highest BCUT2D eigenvalue weighted by Gasteiger charge is 2.73. The van der Waals surface area contributed by atoms with Crippen molar-refractivity contribution in [3.63, 3.8) is 0 Å². The molecule has 0 unspecified atom stereocenters. The van der Waals surface area contributed by atoms with Crippen molar-refractivity contribution in [2.45, 2.75) is 74.7 Å². The summed E-state index contributed by atoms with van der Waals surface area (Å²) < 4.78 is 6.24. The van der Waals surface area contributed by atoms with Crippen LogP contribution in [0.5, 0.6) is 11.5 Å². The Morgan fingerprint density at radius 1 is 1.29 bits per heavy atom. The van der Waals surface area contributed by atoms with Gasteiger partial charge in [0.25, 0.3) is 5.91 Å². The first-order chi connectivity index (χ1) is 16.1. The smallest absolute Gasteiger partial charge is 0.251 e. The topological polar surface area (TPSA) is 114 Å². The minimum absolute atomic E-state index is 0.0118. The van der Waals surface area contributed by atoms with Crippen molar-refractivity contribution < 1.29 is 24.9 Å². The Hall–Kier alpha value is -2.29. The second-order valence-electron chi connectivity index (χ2n) is 11.7. The largest absolute Gasteiger partial charge is 0.508 e. The van der Waals surface area contributed by atoms with Crippen LogP contribution in [0, 0.1) is 5.92 Å². The highest BCUT2D eigenvalue weighted by atomic mass is 16.5. The number of carbonyl (C=O) groups excluding carboxylic acids is 1. The van der Waals surface area contributed by atoms with Gasteiger partial charge in [0, 0.05) is 36.7 Å². The number of phenols is 1. The number of aliphatic hydroxyl groups is 2. The second kappa shape index (κ2) is 7.12. The van der Waals surface area contributed by atoms with E-state index in [9.17, 15) is 20.1 Å². The fraction of sp³-hybridized carbons (Fsp3) is 0.654. The molecule has 1 spiro atoms. The molecule has 2 aliphatic heterocycles. The Kier molecular flexibility index (Phi) is 4.65. The van der Waals surface area contributed by atoms with Gasteiger partial charge in [-0.15, -0.1) is 0 Å². The van der Waals surface area contributed by atoms with Crippen LogP contribution in [0.25, 0.3) is 0 Å². The van der Waals surface area contributed by atoms with Gasteiger partial charge in [-0.05, 0) is 70.7 Å². The van der Waals surface area contributed by atoms with Gasteiger partial charge in [0.05, 0.1) is 16.6 Å². The number of carbonyl (C=O) groups is 1. The van der Waals surface area contributed by atoms with Crippen molar-refractivity contribution in [3.8, 4) is 11.5 Å². The molecule has 3 aliphatic carbocycles. The van der Waals surface area contributed by atoms with Crippen LogP contribution in [0.15, 0.2) is 23.5 Å². The van der Waals surface area contributed by atoms with Crippen LogP contribution < -0.4 is 15.4 Å². The van der Waals surface area contributed by atoms with Crippen molar-refractivity contribution >= 4 is 5.91 Å². The van der Waals surface area contributed by atoms with Gasteiger partial charge in [0.1, 0.15) is 5.76 Å². The molecule has 1 saturated heterocycles. The molecular formula is C26H35N3O5. The lowest BCUT2D eigenvalue weighted by atomic mass is 9.49. The fourth-order valence-corrected chi connectivity index (χ4v) is 7.24. The molecular weight excluding hydrogens is 434 g/mol. The highest BCUT2D eigenvalue weighted by Crippen LogP contribution is 2.66. The molecule has 8 heteroatoms. The molecule has 1 aromatic carbocycles. The normalized spacial score (nSPS) is 34.0. The van der Waals surface area contributed by atoms with E-state index >= 15 is 0 Å². The summed E-state index contributed by atoms with van der Waals surface area (Å²) in [5.41, 5.74) is -0.648. The molecule has 1 aromatic rings. The van der Waals surface area contributed by atoms with Crippen molar-refractivity contribution in [3.05, 3.63) is 34.6 Å². The zero-order valence-corrected chi connectivity index (χ0v) is 20.1. The molecule has 0 aromatic heterocycles. The minimum atomic E-state index is -1.29. The molecule has 2 bridgehead atoms. The van der Waals surface area contributed by atoms with Crippen LogP contribution >= 0.6 is 0 Å². The molecule has 4 atom stereocenters. The van der Waals surface area contributed by atoms with Gasteiger partial charge in [0.2, 0.25) is 0 Å². The third kappa shape index (κ3) is 2.85. The SMILES string of the molecule is CNCC(C)(C)NC(=O)C1=C(O)[C@@H]2Oc3c(O)ccc4c3[C@@]23CCN(CC2CC2)[C@H](C4)[C@]3(O)C1. The van der Waals surface area contributed by atoms with Gasteiger partial charge in [-0.2, -0.15) is 0 Å². The summed E-state index contributed by atoms with van der Waals surface area (Å²) in [6.07, 6.45) is 2.84. The average Bonchev–Trinajstić information content (AvgIpc) is 3.50. The molecule has 1 amide bonds. The number of nitrogens with zero attached hydrogens (tertiary/aromatic N) is 1. The van der Waals surface area contributed by atoms with Crippen molar-refractivity contribution in [2.24, 2.45) is 5.92 Å². The molecule has 34 heavy (non-hydrogen) atoms. The zero-order valence-electron chi connectivity index (χ0n) is 20.1. The van der Waals surface area contributed by atoms with E-state index in [1.807, 2.05) is 27.0 Å². The lowest BCUT2D eigenvalue weighted by molar-refractivity contribution is -0.172. The molecule has 5 aliphatic rings. The molecule has 2 heterocycles. The average molecular weight is 470 g/mol. The first-order valence-corrected chi connectivity index (χ1v) is 12.5. The van der Waals surface area contributed by atoms with E-state index in [1.165, 1.54) is 12.8 Å². The number of piperidine rings is 1. The summed E-state index contributed by atoms with van der Waals surface area (Å²) in [6.45, 7) is 6.12. The second-order valence-corrected chi connectivity index (χ2v) is 11.7. The predicted octanol–water partition coefficient (Wildman–Crippen LogP) is 1.49. The molecule has 5 N–H and O–H groups in total. The Morgan fingerprint density at radius 2 is 2.06 bits per heavy atom. The van der Waals surface area contributed by atoms with E-state index in [0.717, 1.165) is 24.2 Å². The molecule has 2 fully saturated rings. The first-order valence-electron chi connectivity index (χ1n) is 12.5. The van der Waals surface area contributed by atoms with E-state index in [-0.39, 0.29) is 35.5 Å². The van der Waals surface area contributed by atoms with E-state index in [4.69, 9.17) is 4.74 Å². The van der Waals surface area contributed by atoms with E-state index < -0.39 is 22.7 Å². The number of aliphatic hydroxyl groups excluding tert-OH is 1.